The molecule has 5 nitrogen and oxygen atoms in total. The first-order chi connectivity index (χ1) is 15.2. The quantitative estimate of drug-likeness (QED) is 0.809. The molecular formula is C26H33N3O2. The number of nitrogens with one attached hydrogen (secondary N) is 1. The van der Waals surface area contributed by atoms with Crippen LogP contribution in [0.15, 0.2) is 54.6 Å². The monoisotopic (exact) mass is 419 g/mol. The lowest BCUT2D eigenvalue weighted by molar-refractivity contribution is -0.125. The molecule has 31 heavy (non-hydrogen) atoms. The van der Waals surface area contributed by atoms with Crippen LogP contribution in [0, 0.1) is 0 Å². The second-order valence-corrected chi connectivity index (χ2v) is 9.23. The first-order valence-electron chi connectivity index (χ1n) is 11.7. The molecule has 1 amide bonds. The summed E-state index contributed by atoms with van der Waals surface area (Å²) in [5, 5.41) is 3.12. The van der Waals surface area contributed by atoms with Crippen LogP contribution < -0.4 is 15.0 Å². The number of anilines is 1. The molecule has 1 spiro atoms. The van der Waals surface area contributed by atoms with Crippen molar-refractivity contribution in [2.45, 2.75) is 56.0 Å². The molecule has 0 radical (unpaired) electrons. The molecular weight excluding hydrogens is 386 g/mol. The number of ether oxygens (including phenoxy) is 1. The summed E-state index contributed by atoms with van der Waals surface area (Å²) in [6.45, 7) is 2.55. The summed E-state index contributed by atoms with van der Waals surface area (Å²) in [4.78, 5) is 18.0. The van der Waals surface area contributed by atoms with Crippen LogP contribution in [-0.2, 0) is 4.79 Å². The van der Waals surface area contributed by atoms with Gasteiger partial charge < -0.3 is 15.0 Å². The molecule has 5 rings (SSSR count). The number of likely N-dealkylation sites (tertiary alicyclic amines) is 1. The molecule has 0 aromatic heterocycles. The van der Waals surface area contributed by atoms with Crippen LogP contribution >= 0.6 is 0 Å². The fraction of sp³-hybridized carbons (Fsp3) is 0.500. The summed E-state index contributed by atoms with van der Waals surface area (Å²) in [6.07, 6.45) is 6.93. The van der Waals surface area contributed by atoms with Gasteiger partial charge in [0.1, 0.15) is 11.3 Å². The van der Waals surface area contributed by atoms with Crippen LogP contribution in [0.2, 0.25) is 0 Å². The average Bonchev–Trinajstić information content (AvgIpc) is 3.15. The number of methoxy groups -OCH3 is 1. The largest absolute Gasteiger partial charge is 0.497 e. The summed E-state index contributed by atoms with van der Waals surface area (Å²) in [7, 11) is 1.68. The maximum absolute atomic E-state index is 13.0. The topological polar surface area (TPSA) is 44.8 Å². The number of piperidine rings is 1. The molecule has 2 heterocycles. The van der Waals surface area contributed by atoms with E-state index in [2.05, 4.69) is 57.6 Å². The van der Waals surface area contributed by atoms with Crippen molar-refractivity contribution >= 4 is 11.6 Å². The van der Waals surface area contributed by atoms with Gasteiger partial charge in [0, 0.05) is 24.8 Å². The summed E-state index contributed by atoms with van der Waals surface area (Å²) in [5.74, 6) is 1.64. The molecule has 2 saturated heterocycles. The zero-order valence-electron chi connectivity index (χ0n) is 18.4. The van der Waals surface area contributed by atoms with Gasteiger partial charge in [0.05, 0.1) is 13.8 Å². The van der Waals surface area contributed by atoms with Crippen molar-refractivity contribution in [3.05, 3.63) is 60.2 Å². The van der Waals surface area contributed by atoms with Gasteiger partial charge in [-0.05, 0) is 61.4 Å². The Morgan fingerprint density at radius 1 is 0.968 bits per heavy atom. The van der Waals surface area contributed by atoms with E-state index in [0.29, 0.717) is 18.6 Å². The Labute approximate surface area is 185 Å². The van der Waals surface area contributed by atoms with E-state index >= 15 is 0 Å². The second kappa shape index (κ2) is 8.54. The Morgan fingerprint density at radius 3 is 2.39 bits per heavy atom. The number of rotatable bonds is 4. The van der Waals surface area contributed by atoms with Gasteiger partial charge in [-0.3, -0.25) is 9.69 Å². The summed E-state index contributed by atoms with van der Waals surface area (Å²) in [6, 6.07) is 19.7. The number of carbonyl (C=O) groups is 1. The van der Waals surface area contributed by atoms with Gasteiger partial charge in [-0.25, -0.2) is 0 Å². The number of nitrogens with zero attached hydrogens (tertiary/aromatic N) is 2. The minimum absolute atomic E-state index is 0.186. The van der Waals surface area contributed by atoms with Gasteiger partial charge in [-0.15, -0.1) is 0 Å². The third-order valence-corrected chi connectivity index (χ3v) is 7.77. The van der Waals surface area contributed by atoms with Crippen molar-refractivity contribution in [1.29, 1.82) is 0 Å². The first-order valence-corrected chi connectivity index (χ1v) is 11.7. The Morgan fingerprint density at radius 2 is 1.68 bits per heavy atom. The first kappa shape index (κ1) is 20.4. The van der Waals surface area contributed by atoms with Crippen molar-refractivity contribution < 1.29 is 9.53 Å². The minimum Gasteiger partial charge on any atom is -0.497 e. The van der Waals surface area contributed by atoms with E-state index < -0.39 is 5.54 Å². The smallest absolute Gasteiger partial charge is 0.247 e. The molecule has 1 saturated carbocycles. The summed E-state index contributed by atoms with van der Waals surface area (Å²) < 4.78 is 5.31. The lowest BCUT2D eigenvalue weighted by atomic mass is 9.77. The molecule has 1 aliphatic carbocycles. The predicted molar refractivity (Wildman–Crippen MR) is 123 cm³/mol. The molecule has 2 aliphatic heterocycles. The Balaban J connectivity index is 1.33. The van der Waals surface area contributed by atoms with E-state index in [1.807, 2.05) is 12.1 Å². The van der Waals surface area contributed by atoms with Crippen LogP contribution in [0.1, 0.15) is 50.0 Å². The van der Waals surface area contributed by atoms with Gasteiger partial charge in [-0.1, -0.05) is 43.2 Å². The average molecular weight is 420 g/mol. The van der Waals surface area contributed by atoms with E-state index in [4.69, 9.17) is 4.74 Å². The van der Waals surface area contributed by atoms with Gasteiger partial charge >= 0.3 is 0 Å². The van der Waals surface area contributed by atoms with Crippen molar-refractivity contribution in [2.24, 2.45) is 0 Å². The highest BCUT2D eigenvalue weighted by molar-refractivity contribution is 5.93. The summed E-state index contributed by atoms with van der Waals surface area (Å²) >= 11 is 0. The molecule has 2 unspecified atom stereocenters. The SMILES string of the molecule is COc1ccc(N2CNC(=O)C23CCN(C2CCCCC2c2ccccc2)CC3)cc1. The fourth-order valence-electron chi connectivity index (χ4n) is 6.05. The van der Waals surface area contributed by atoms with E-state index in [9.17, 15) is 4.79 Å². The highest BCUT2D eigenvalue weighted by atomic mass is 16.5. The summed E-state index contributed by atoms with van der Waals surface area (Å²) in [5.41, 5.74) is 2.14. The molecule has 2 atom stereocenters. The standard InChI is InChI=1S/C26H33N3O2/c1-31-22-13-11-21(12-14-22)29-19-27-25(30)26(29)15-17-28(18-16-26)24-10-6-5-9-23(24)20-7-3-2-4-8-20/h2-4,7-8,11-14,23-24H,5-6,9-10,15-19H2,1H3,(H,27,30). The number of hydrogen-bond donors (Lipinski definition) is 1. The number of benzene rings is 2. The second-order valence-electron chi connectivity index (χ2n) is 9.23. The molecule has 5 heteroatoms. The van der Waals surface area contributed by atoms with E-state index in [1.165, 1.54) is 31.2 Å². The van der Waals surface area contributed by atoms with Crippen LogP contribution in [0.5, 0.6) is 5.75 Å². The Kier molecular flexibility index (Phi) is 5.61. The molecule has 3 aliphatic rings. The molecule has 3 fully saturated rings. The van der Waals surface area contributed by atoms with Crippen molar-refractivity contribution in [3.63, 3.8) is 0 Å². The third kappa shape index (κ3) is 3.69. The third-order valence-electron chi connectivity index (χ3n) is 7.77. The molecule has 164 valence electrons. The fourth-order valence-corrected chi connectivity index (χ4v) is 6.05. The van der Waals surface area contributed by atoms with Gasteiger partial charge in [-0.2, -0.15) is 0 Å². The molecule has 2 aromatic carbocycles. The predicted octanol–water partition coefficient (Wildman–Crippen LogP) is 4.15. The van der Waals surface area contributed by atoms with Gasteiger partial charge in [0.2, 0.25) is 5.91 Å². The van der Waals surface area contributed by atoms with E-state index in [0.717, 1.165) is 37.4 Å². The zero-order valence-corrected chi connectivity index (χ0v) is 18.4. The van der Waals surface area contributed by atoms with Gasteiger partial charge in [0.25, 0.3) is 0 Å². The van der Waals surface area contributed by atoms with E-state index in [-0.39, 0.29) is 5.91 Å². The van der Waals surface area contributed by atoms with Crippen molar-refractivity contribution in [2.75, 3.05) is 31.8 Å². The Bertz CT molecular complexity index is 891. The Hall–Kier alpha value is -2.53. The van der Waals surface area contributed by atoms with Crippen molar-refractivity contribution in [1.82, 2.24) is 10.2 Å². The lowest BCUT2D eigenvalue weighted by Gasteiger charge is -2.48. The molecule has 0 bridgehead atoms. The van der Waals surface area contributed by atoms with Crippen LogP contribution in [-0.4, -0.2) is 49.3 Å². The minimum atomic E-state index is -0.429. The lowest BCUT2D eigenvalue weighted by Crippen LogP contribution is -2.58. The van der Waals surface area contributed by atoms with Crippen LogP contribution in [0.3, 0.4) is 0 Å². The highest BCUT2D eigenvalue weighted by Gasteiger charge is 2.51. The maximum Gasteiger partial charge on any atom is 0.247 e. The zero-order chi connectivity index (χ0) is 21.3. The van der Waals surface area contributed by atoms with Crippen LogP contribution in [0.4, 0.5) is 5.69 Å². The number of hydrogen-bond acceptors (Lipinski definition) is 4. The van der Waals surface area contributed by atoms with Crippen molar-refractivity contribution in [3.8, 4) is 5.75 Å². The maximum atomic E-state index is 13.0. The molecule has 2 aromatic rings. The molecule has 1 N–H and O–H groups in total. The van der Waals surface area contributed by atoms with Gasteiger partial charge in [0.15, 0.2) is 0 Å². The number of carbonyl (C=O) groups excluding carboxylic acids is 1. The normalized spacial score (nSPS) is 26.1. The highest BCUT2D eigenvalue weighted by Crippen LogP contribution is 2.41. The van der Waals surface area contributed by atoms with E-state index in [1.54, 1.807) is 7.11 Å². The number of amides is 1. The van der Waals surface area contributed by atoms with Crippen LogP contribution in [0.25, 0.3) is 0 Å².